The van der Waals surface area contributed by atoms with Gasteiger partial charge >= 0.3 is 0 Å². The van der Waals surface area contributed by atoms with Crippen LogP contribution in [0.15, 0.2) is 36.4 Å². The fourth-order valence-corrected chi connectivity index (χ4v) is 2.83. The Morgan fingerprint density at radius 3 is 2.38 bits per heavy atom. The minimum Gasteiger partial charge on any atom is -0.474 e. The number of amides is 1. The van der Waals surface area contributed by atoms with Crippen LogP contribution in [0.4, 0.5) is 5.82 Å². The van der Waals surface area contributed by atoms with Crippen LogP contribution < -0.4 is 9.64 Å². The maximum Gasteiger partial charge on any atom is 0.253 e. The molecule has 2 aromatic rings. The molecule has 8 heteroatoms. The molecule has 26 heavy (non-hydrogen) atoms. The lowest BCUT2D eigenvalue weighted by Gasteiger charge is -2.35. The molecular formula is C18H21ClN4O3. The number of piperazine rings is 1. The summed E-state index contributed by atoms with van der Waals surface area (Å²) in [6.45, 7) is 3.63. The Kier molecular flexibility index (Phi) is 6.25. The van der Waals surface area contributed by atoms with Crippen LogP contribution >= 0.6 is 11.6 Å². The molecule has 0 N–H and O–H groups in total. The lowest BCUT2D eigenvalue weighted by atomic mass is 10.2. The summed E-state index contributed by atoms with van der Waals surface area (Å²) < 4.78 is 10.3. The first-order chi connectivity index (χ1) is 12.7. The number of rotatable bonds is 6. The molecule has 0 unspecified atom stereocenters. The number of anilines is 1. The minimum atomic E-state index is 0.0225. The summed E-state index contributed by atoms with van der Waals surface area (Å²) in [5, 5.41) is 8.91. The van der Waals surface area contributed by atoms with Crippen molar-refractivity contribution in [2.45, 2.75) is 0 Å². The minimum absolute atomic E-state index is 0.0225. The number of hydrogen-bond donors (Lipinski definition) is 0. The van der Waals surface area contributed by atoms with Crippen LogP contribution in [0.2, 0.25) is 5.02 Å². The molecule has 7 nitrogen and oxygen atoms in total. The van der Waals surface area contributed by atoms with Crippen LogP contribution in [0.3, 0.4) is 0 Å². The van der Waals surface area contributed by atoms with E-state index in [4.69, 9.17) is 21.1 Å². The predicted molar refractivity (Wildman–Crippen MR) is 99.0 cm³/mol. The van der Waals surface area contributed by atoms with E-state index in [-0.39, 0.29) is 5.91 Å². The molecule has 1 aromatic heterocycles. The first-order valence-corrected chi connectivity index (χ1v) is 8.80. The Morgan fingerprint density at radius 1 is 1.04 bits per heavy atom. The molecule has 2 heterocycles. The van der Waals surface area contributed by atoms with Gasteiger partial charge in [-0.15, -0.1) is 10.2 Å². The van der Waals surface area contributed by atoms with Gasteiger partial charge in [-0.1, -0.05) is 11.6 Å². The molecule has 1 aliphatic rings. The number of nitrogens with zero attached hydrogens (tertiary/aromatic N) is 4. The van der Waals surface area contributed by atoms with Crippen molar-refractivity contribution in [3.05, 3.63) is 47.0 Å². The highest BCUT2D eigenvalue weighted by Gasteiger charge is 2.23. The van der Waals surface area contributed by atoms with Gasteiger partial charge in [0.25, 0.3) is 5.91 Å². The first-order valence-electron chi connectivity index (χ1n) is 8.42. The van der Waals surface area contributed by atoms with E-state index in [2.05, 4.69) is 15.1 Å². The molecule has 0 atom stereocenters. The fraction of sp³-hybridized carbons (Fsp3) is 0.389. The van der Waals surface area contributed by atoms with Crippen LogP contribution in [0.1, 0.15) is 10.4 Å². The predicted octanol–water partition coefficient (Wildman–Crippen LogP) is 2.12. The Balaban J connectivity index is 1.53. The Labute approximate surface area is 157 Å². The molecule has 0 spiro atoms. The fourth-order valence-electron chi connectivity index (χ4n) is 2.70. The van der Waals surface area contributed by atoms with Gasteiger partial charge in [-0.25, -0.2) is 0 Å². The lowest BCUT2D eigenvalue weighted by molar-refractivity contribution is 0.0746. The molecule has 0 saturated carbocycles. The van der Waals surface area contributed by atoms with Crippen molar-refractivity contribution in [1.82, 2.24) is 15.1 Å². The van der Waals surface area contributed by atoms with E-state index >= 15 is 0 Å². The number of carbonyl (C=O) groups excluding carboxylic acids is 1. The van der Waals surface area contributed by atoms with E-state index in [0.717, 1.165) is 5.82 Å². The third-order valence-corrected chi connectivity index (χ3v) is 4.40. The lowest BCUT2D eigenvalue weighted by Crippen LogP contribution is -2.49. The number of carbonyl (C=O) groups is 1. The number of ether oxygens (including phenoxy) is 2. The van der Waals surface area contributed by atoms with Crippen molar-refractivity contribution < 1.29 is 14.3 Å². The zero-order valence-corrected chi connectivity index (χ0v) is 15.4. The van der Waals surface area contributed by atoms with Gasteiger partial charge in [-0.2, -0.15) is 0 Å². The Hall–Kier alpha value is -2.38. The second kappa shape index (κ2) is 8.82. The van der Waals surface area contributed by atoms with Crippen molar-refractivity contribution in [2.24, 2.45) is 0 Å². The summed E-state index contributed by atoms with van der Waals surface area (Å²) in [5.41, 5.74) is 0.653. The zero-order chi connectivity index (χ0) is 18.4. The number of hydrogen-bond acceptors (Lipinski definition) is 6. The van der Waals surface area contributed by atoms with E-state index in [9.17, 15) is 4.79 Å². The molecule has 138 valence electrons. The first kappa shape index (κ1) is 18.4. The van der Waals surface area contributed by atoms with Gasteiger partial charge in [-0.05, 0) is 30.3 Å². The van der Waals surface area contributed by atoms with Gasteiger partial charge in [0.1, 0.15) is 6.61 Å². The Morgan fingerprint density at radius 2 is 1.77 bits per heavy atom. The van der Waals surface area contributed by atoms with E-state index in [1.807, 2.05) is 11.0 Å². The molecule has 0 aliphatic carbocycles. The van der Waals surface area contributed by atoms with Crippen LogP contribution in [0.5, 0.6) is 5.88 Å². The van der Waals surface area contributed by atoms with Crippen molar-refractivity contribution in [1.29, 1.82) is 0 Å². The maximum atomic E-state index is 12.5. The van der Waals surface area contributed by atoms with Gasteiger partial charge in [0.2, 0.25) is 5.88 Å². The molecule has 1 amide bonds. The average molecular weight is 377 g/mol. The molecule has 3 rings (SSSR count). The number of halogens is 1. The highest BCUT2D eigenvalue weighted by Crippen LogP contribution is 2.17. The normalized spacial score (nSPS) is 14.4. The molecule has 1 aliphatic heterocycles. The van der Waals surface area contributed by atoms with E-state index in [1.54, 1.807) is 37.4 Å². The summed E-state index contributed by atoms with van der Waals surface area (Å²) in [6, 6.07) is 10.7. The SMILES string of the molecule is COCCOc1ccc(N2CCN(C(=O)c3ccc(Cl)cc3)CC2)nn1. The molecule has 1 aromatic carbocycles. The molecule has 0 bridgehead atoms. The molecule has 0 radical (unpaired) electrons. The third-order valence-electron chi connectivity index (χ3n) is 4.15. The topological polar surface area (TPSA) is 67.8 Å². The van der Waals surface area contributed by atoms with Crippen molar-refractivity contribution in [2.75, 3.05) is 51.4 Å². The van der Waals surface area contributed by atoms with Gasteiger partial charge in [0.15, 0.2) is 5.82 Å². The van der Waals surface area contributed by atoms with Gasteiger partial charge in [-0.3, -0.25) is 4.79 Å². The second-order valence-electron chi connectivity index (χ2n) is 5.86. The van der Waals surface area contributed by atoms with Gasteiger partial charge < -0.3 is 19.3 Å². The van der Waals surface area contributed by atoms with E-state index in [0.29, 0.717) is 55.9 Å². The van der Waals surface area contributed by atoms with Crippen LogP contribution in [0.25, 0.3) is 0 Å². The van der Waals surface area contributed by atoms with E-state index in [1.165, 1.54) is 0 Å². The monoisotopic (exact) mass is 376 g/mol. The van der Waals surface area contributed by atoms with Crippen molar-refractivity contribution >= 4 is 23.3 Å². The Bertz CT molecular complexity index is 716. The van der Waals surface area contributed by atoms with Crippen LogP contribution in [-0.2, 0) is 4.74 Å². The third kappa shape index (κ3) is 4.62. The standard InChI is InChI=1S/C18H21ClN4O3/c1-25-12-13-26-17-7-6-16(20-21-17)22-8-10-23(11-9-22)18(24)14-2-4-15(19)5-3-14/h2-7H,8-13H2,1H3. The average Bonchev–Trinajstić information content (AvgIpc) is 2.69. The van der Waals surface area contributed by atoms with Gasteiger partial charge in [0.05, 0.1) is 6.61 Å². The summed E-state index contributed by atoms with van der Waals surface area (Å²) in [7, 11) is 1.62. The highest BCUT2D eigenvalue weighted by molar-refractivity contribution is 6.30. The van der Waals surface area contributed by atoms with Crippen LogP contribution in [0, 0.1) is 0 Å². The number of aromatic nitrogens is 2. The largest absolute Gasteiger partial charge is 0.474 e. The van der Waals surface area contributed by atoms with E-state index < -0.39 is 0 Å². The quantitative estimate of drug-likeness (QED) is 0.719. The highest BCUT2D eigenvalue weighted by atomic mass is 35.5. The molecule has 1 fully saturated rings. The number of benzene rings is 1. The maximum absolute atomic E-state index is 12.5. The molecular weight excluding hydrogens is 356 g/mol. The second-order valence-corrected chi connectivity index (χ2v) is 6.29. The summed E-state index contributed by atoms with van der Waals surface area (Å²) in [4.78, 5) is 16.5. The summed E-state index contributed by atoms with van der Waals surface area (Å²) >= 11 is 5.88. The summed E-state index contributed by atoms with van der Waals surface area (Å²) in [6.07, 6.45) is 0. The zero-order valence-electron chi connectivity index (χ0n) is 14.6. The molecule has 1 saturated heterocycles. The smallest absolute Gasteiger partial charge is 0.253 e. The van der Waals surface area contributed by atoms with Crippen molar-refractivity contribution in [3.63, 3.8) is 0 Å². The van der Waals surface area contributed by atoms with Crippen molar-refractivity contribution in [3.8, 4) is 5.88 Å². The number of methoxy groups -OCH3 is 1. The van der Waals surface area contributed by atoms with Crippen LogP contribution in [-0.4, -0.2) is 67.5 Å². The van der Waals surface area contributed by atoms with Gasteiger partial charge in [0, 0.05) is 49.9 Å². The summed E-state index contributed by atoms with van der Waals surface area (Å²) in [5.74, 6) is 1.28.